The second kappa shape index (κ2) is 9.88. The molecule has 2 amide bonds. The number of nitrogen functional groups attached to an aromatic ring is 1. The predicted octanol–water partition coefficient (Wildman–Crippen LogP) is 2.19. The van der Waals surface area contributed by atoms with Crippen molar-refractivity contribution in [2.45, 2.75) is 26.5 Å². The summed E-state index contributed by atoms with van der Waals surface area (Å²) in [6, 6.07) is 7.22. The number of cyclic esters (lactones) is 1. The number of aromatic nitrogens is 2. The van der Waals surface area contributed by atoms with Crippen LogP contribution in [0.25, 0.3) is 10.9 Å². The number of hydrogen-bond donors (Lipinski definition) is 2. The number of halogens is 2. The number of amides is 2. The van der Waals surface area contributed by atoms with Gasteiger partial charge in [-0.15, -0.1) is 0 Å². The molecule has 4 rings (SSSR count). The molecule has 10 nitrogen and oxygen atoms in total. The molecule has 1 saturated heterocycles. The molecule has 3 N–H and O–H groups in total. The second-order valence-corrected chi connectivity index (χ2v) is 8.62. The number of likely N-dealkylation sites (N-methyl/N-ethyl adjacent to an activating group) is 1. The van der Waals surface area contributed by atoms with E-state index < -0.39 is 23.8 Å². The van der Waals surface area contributed by atoms with Crippen LogP contribution < -0.4 is 26.4 Å². The third-order valence-corrected chi connectivity index (χ3v) is 6.23. The van der Waals surface area contributed by atoms with Gasteiger partial charge in [0.05, 0.1) is 36.2 Å². The van der Waals surface area contributed by atoms with Crippen molar-refractivity contribution in [3.05, 3.63) is 52.3 Å². The summed E-state index contributed by atoms with van der Waals surface area (Å²) < 4.78 is 38.7. The SMILES string of the molecule is CCN(CCn1c2ccc(N)cc2c(=O)n1C)c1c(F)cc(N2C[C@H](CNC(C)=O)OC2=O)cc1F. The highest BCUT2D eigenvalue weighted by Gasteiger charge is 2.33. The van der Waals surface area contributed by atoms with E-state index in [2.05, 4.69) is 5.32 Å². The van der Waals surface area contributed by atoms with Gasteiger partial charge in [0.15, 0.2) is 11.6 Å². The lowest BCUT2D eigenvalue weighted by atomic mass is 10.2. The van der Waals surface area contributed by atoms with Crippen LogP contribution in [0.5, 0.6) is 0 Å². The smallest absolute Gasteiger partial charge is 0.414 e. The normalized spacial score (nSPS) is 15.4. The Morgan fingerprint density at radius 2 is 1.92 bits per heavy atom. The Hall–Kier alpha value is -4.09. The number of anilines is 3. The van der Waals surface area contributed by atoms with Gasteiger partial charge in [0.25, 0.3) is 5.56 Å². The van der Waals surface area contributed by atoms with Gasteiger partial charge in [-0.1, -0.05) is 0 Å². The van der Waals surface area contributed by atoms with E-state index in [1.807, 2.05) is 0 Å². The van der Waals surface area contributed by atoms with Crippen molar-refractivity contribution in [2.24, 2.45) is 7.05 Å². The van der Waals surface area contributed by atoms with Crippen molar-refractivity contribution >= 4 is 40.0 Å². The minimum Gasteiger partial charge on any atom is -0.442 e. The Morgan fingerprint density at radius 3 is 2.56 bits per heavy atom. The molecule has 1 aromatic heterocycles. The first-order valence-corrected chi connectivity index (χ1v) is 11.5. The molecule has 0 spiro atoms. The van der Waals surface area contributed by atoms with E-state index in [0.717, 1.165) is 17.0 Å². The first-order valence-electron chi connectivity index (χ1n) is 11.5. The van der Waals surface area contributed by atoms with Crippen LogP contribution in [0.2, 0.25) is 0 Å². The summed E-state index contributed by atoms with van der Waals surface area (Å²) in [6.45, 7) is 4.07. The van der Waals surface area contributed by atoms with E-state index in [9.17, 15) is 14.4 Å². The maximum atomic E-state index is 15.2. The van der Waals surface area contributed by atoms with Crippen molar-refractivity contribution in [2.75, 3.05) is 41.7 Å². The molecule has 1 fully saturated rings. The quantitative estimate of drug-likeness (QED) is 0.457. The topological polar surface area (TPSA) is 115 Å². The van der Waals surface area contributed by atoms with E-state index in [1.165, 1.54) is 16.5 Å². The number of benzene rings is 2. The summed E-state index contributed by atoms with van der Waals surface area (Å²) >= 11 is 0. The van der Waals surface area contributed by atoms with Gasteiger partial charge in [0, 0.05) is 44.9 Å². The molecule has 12 heteroatoms. The Bertz CT molecular complexity index is 1360. The average Bonchev–Trinajstić information content (AvgIpc) is 3.31. The van der Waals surface area contributed by atoms with Gasteiger partial charge < -0.3 is 20.7 Å². The number of nitrogens with zero attached hydrogens (tertiary/aromatic N) is 4. The van der Waals surface area contributed by atoms with Crippen LogP contribution >= 0.6 is 0 Å². The lowest BCUT2D eigenvalue weighted by Gasteiger charge is -2.26. The highest BCUT2D eigenvalue weighted by molar-refractivity contribution is 5.90. The minimum atomic E-state index is -0.830. The largest absolute Gasteiger partial charge is 0.442 e. The van der Waals surface area contributed by atoms with Gasteiger partial charge in [0.1, 0.15) is 11.8 Å². The fraction of sp³-hybridized carbons (Fsp3) is 0.375. The molecule has 0 saturated carbocycles. The van der Waals surface area contributed by atoms with E-state index in [1.54, 1.807) is 36.9 Å². The molecule has 0 aliphatic carbocycles. The fourth-order valence-corrected chi connectivity index (χ4v) is 4.42. The molecule has 2 aromatic carbocycles. The first kappa shape index (κ1) is 25.0. The second-order valence-electron chi connectivity index (χ2n) is 8.62. The zero-order valence-electron chi connectivity index (χ0n) is 20.3. The monoisotopic (exact) mass is 502 g/mol. The van der Waals surface area contributed by atoms with E-state index in [0.29, 0.717) is 23.1 Å². The number of carbonyl (C=O) groups is 2. The highest BCUT2D eigenvalue weighted by atomic mass is 19.1. The molecule has 192 valence electrons. The average molecular weight is 503 g/mol. The molecular weight excluding hydrogens is 474 g/mol. The number of nitrogens with two attached hydrogens (primary N) is 1. The van der Waals surface area contributed by atoms with Crippen LogP contribution in [0.1, 0.15) is 13.8 Å². The lowest BCUT2D eigenvalue weighted by Crippen LogP contribution is -2.33. The Kier molecular flexibility index (Phi) is 6.86. The van der Waals surface area contributed by atoms with Gasteiger partial charge in [-0.2, -0.15) is 0 Å². The van der Waals surface area contributed by atoms with Crippen LogP contribution in [0.3, 0.4) is 0 Å². The van der Waals surface area contributed by atoms with Crippen LogP contribution in [-0.2, 0) is 23.1 Å². The zero-order valence-corrected chi connectivity index (χ0v) is 20.3. The number of hydrogen-bond acceptors (Lipinski definition) is 6. The first-order chi connectivity index (χ1) is 17.1. The third-order valence-electron chi connectivity index (χ3n) is 6.23. The van der Waals surface area contributed by atoms with Crippen LogP contribution in [0.15, 0.2) is 35.1 Å². The minimum absolute atomic E-state index is 0.0246. The Labute approximate surface area is 205 Å². The number of carbonyl (C=O) groups excluding carboxylic acids is 2. The molecule has 1 aliphatic rings. The number of fused-ring (bicyclic) bond motifs is 1. The molecule has 3 aromatic rings. The molecule has 36 heavy (non-hydrogen) atoms. The molecule has 1 aliphatic heterocycles. The zero-order chi connectivity index (χ0) is 26.1. The predicted molar refractivity (Wildman–Crippen MR) is 132 cm³/mol. The summed E-state index contributed by atoms with van der Waals surface area (Å²) in [5.41, 5.74) is 6.54. The Morgan fingerprint density at radius 1 is 1.22 bits per heavy atom. The molecule has 0 unspecified atom stereocenters. The van der Waals surface area contributed by atoms with Crippen molar-refractivity contribution in [3.63, 3.8) is 0 Å². The number of nitrogens with one attached hydrogen (secondary N) is 1. The fourth-order valence-electron chi connectivity index (χ4n) is 4.42. The number of ether oxygens (including phenoxy) is 1. The van der Waals surface area contributed by atoms with Crippen LogP contribution in [0, 0.1) is 11.6 Å². The van der Waals surface area contributed by atoms with Gasteiger partial charge >= 0.3 is 6.09 Å². The molecule has 2 heterocycles. The maximum absolute atomic E-state index is 15.2. The summed E-state index contributed by atoms with van der Waals surface area (Å²) in [4.78, 5) is 38.6. The van der Waals surface area contributed by atoms with Crippen LogP contribution in [0.4, 0.5) is 30.6 Å². The van der Waals surface area contributed by atoms with Gasteiger partial charge in [-0.05, 0) is 25.1 Å². The molecule has 0 bridgehead atoms. The highest BCUT2D eigenvalue weighted by Crippen LogP contribution is 2.31. The van der Waals surface area contributed by atoms with Crippen LogP contribution in [-0.4, -0.2) is 53.6 Å². The van der Waals surface area contributed by atoms with E-state index >= 15 is 8.78 Å². The summed E-state index contributed by atoms with van der Waals surface area (Å²) in [5.74, 6) is -1.93. The standard InChI is InChI=1S/C24H28F2N6O4/c1-4-30(7-8-32-21-6-5-15(27)9-18(21)23(34)29(32)3)22-19(25)10-16(11-20(22)26)31-13-17(36-24(31)35)12-28-14(2)33/h5-6,9-11,17H,4,7-8,12-13,27H2,1-3H3,(H,28,33)/t17-/m0/s1. The van der Waals surface area contributed by atoms with Crippen molar-refractivity contribution < 1.29 is 23.1 Å². The van der Waals surface area contributed by atoms with Crippen molar-refractivity contribution in [1.29, 1.82) is 0 Å². The van der Waals surface area contributed by atoms with E-state index in [4.69, 9.17) is 10.5 Å². The molecular formula is C24H28F2N6O4. The molecule has 1 atom stereocenters. The lowest BCUT2D eigenvalue weighted by molar-refractivity contribution is -0.119. The maximum Gasteiger partial charge on any atom is 0.414 e. The summed E-state index contributed by atoms with van der Waals surface area (Å²) in [7, 11) is 1.62. The Balaban J connectivity index is 1.55. The van der Waals surface area contributed by atoms with Gasteiger partial charge in [-0.3, -0.25) is 23.9 Å². The van der Waals surface area contributed by atoms with E-state index in [-0.39, 0.29) is 49.0 Å². The van der Waals surface area contributed by atoms with Gasteiger partial charge in [-0.25, -0.2) is 13.6 Å². The third kappa shape index (κ3) is 4.70. The molecule has 0 radical (unpaired) electrons. The van der Waals surface area contributed by atoms with Crippen molar-refractivity contribution in [3.8, 4) is 0 Å². The van der Waals surface area contributed by atoms with Gasteiger partial charge in [0.2, 0.25) is 5.91 Å². The number of rotatable bonds is 8. The van der Waals surface area contributed by atoms with Crippen molar-refractivity contribution in [1.82, 2.24) is 14.7 Å². The summed E-state index contributed by atoms with van der Waals surface area (Å²) in [6.07, 6.45) is -1.37. The summed E-state index contributed by atoms with van der Waals surface area (Å²) in [5, 5.41) is 3.02.